The highest BCUT2D eigenvalue weighted by atomic mass is 16.3. The molecule has 0 aliphatic heterocycles. The number of aliphatic hydroxyl groups excluding tert-OH is 2. The molecule has 0 spiro atoms. The van der Waals surface area contributed by atoms with E-state index in [1.807, 2.05) is 35.0 Å². The molecular formula is C13H17N3O2. The van der Waals surface area contributed by atoms with E-state index in [2.05, 4.69) is 10.3 Å². The van der Waals surface area contributed by atoms with Crippen LogP contribution in [0.2, 0.25) is 0 Å². The van der Waals surface area contributed by atoms with Crippen LogP contribution in [0.25, 0.3) is 0 Å². The Balaban J connectivity index is 2.05. The molecule has 1 aromatic carbocycles. The molecule has 1 aromatic heterocycles. The first kappa shape index (κ1) is 12.6. The molecule has 2 rings (SSSR count). The average molecular weight is 247 g/mol. The van der Waals surface area contributed by atoms with Crippen molar-refractivity contribution in [2.24, 2.45) is 0 Å². The molecule has 0 saturated carbocycles. The van der Waals surface area contributed by atoms with E-state index in [1.54, 1.807) is 12.5 Å². The van der Waals surface area contributed by atoms with Crippen LogP contribution in [0.3, 0.4) is 0 Å². The number of rotatable bonds is 6. The van der Waals surface area contributed by atoms with Crippen molar-refractivity contribution in [1.29, 1.82) is 0 Å². The normalized spacial score (nSPS) is 12.3. The lowest BCUT2D eigenvalue weighted by Gasteiger charge is -2.14. The number of hydrogen-bond donors (Lipinski definition) is 3. The summed E-state index contributed by atoms with van der Waals surface area (Å²) >= 11 is 0. The minimum Gasteiger partial charge on any atom is -0.394 e. The molecule has 1 atom stereocenters. The first-order valence-electron chi connectivity index (χ1n) is 5.86. The van der Waals surface area contributed by atoms with E-state index in [0.717, 1.165) is 17.8 Å². The molecule has 0 fully saturated rings. The quantitative estimate of drug-likeness (QED) is 0.702. The first-order chi connectivity index (χ1) is 8.79. The van der Waals surface area contributed by atoms with Crippen LogP contribution >= 0.6 is 0 Å². The number of para-hydroxylation sites is 1. The Morgan fingerprint density at radius 1 is 1.33 bits per heavy atom. The maximum absolute atomic E-state index is 9.34. The zero-order valence-corrected chi connectivity index (χ0v) is 10.0. The summed E-state index contributed by atoms with van der Waals surface area (Å²) in [7, 11) is 0. The molecule has 18 heavy (non-hydrogen) atoms. The summed E-state index contributed by atoms with van der Waals surface area (Å²) in [5.41, 5.74) is 2.07. The average Bonchev–Trinajstić information content (AvgIpc) is 2.90. The zero-order valence-electron chi connectivity index (χ0n) is 10.0. The predicted molar refractivity (Wildman–Crippen MR) is 69.4 cm³/mol. The smallest absolute Gasteiger partial charge is 0.0949 e. The van der Waals surface area contributed by atoms with Crippen LogP contribution in [0.5, 0.6) is 0 Å². The lowest BCUT2D eigenvalue weighted by Crippen LogP contribution is -2.23. The summed E-state index contributed by atoms with van der Waals surface area (Å²) in [5.74, 6) is 0. The van der Waals surface area contributed by atoms with E-state index in [4.69, 9.17) is 5.11 Å². The second kappa shape index (κ2) is 6.18. The largest absolute Gasteiger partial charge is 0.394 e. The summed E-state index contributed by atoms with van der Waals surface area (Å²) < 4.78 is 1.98. The van der Waals surface area contributed by atoms with Crippen LogP contribution in [-0.4, -0.2) is 39.0 Å². The van der Waals surface area contributed by atoms with Crippen molar-refractivity contribution in [2.75, 3.05) is 18.5 Å². The molecule has 0 radical (unpaired) electrons. The predicted octanol–water partition coefficient (Wildman–Crippen LogP) is 0.697. The van der Waals surface area contributed by atoms with E-state index < -0.39 is 6.10 Å². The topological polar surface area (TPSA) is 70.3 Å². The van der Waals surface area contributed by atoms with Gasteiger partial charge in [0.1, 0.15) is 0 Å². The Labute approximate surface area is 106 Å². The third-order valence-corrected chi connectivity index (χ3v) is 2.67. The Morgan fingerprint density at radius 2 is 2.17 bits per heavy atom. The number of benzene rings is 1. The van der Waals surface area contributed by atoms with Crippen LogP contribution in [0.15, 0.2) is 43.0 Å². The molecule has 96 valence electrons. The maximum atomic E-state index is 9.34. The van der Waals surface area contributed by atoms with Gasteiger partial charge in [-0.2, -0.15) is 0 Å². The number of aromatic nitrogens is 2. The Hall–Kier alpha value is -1.85. The van der Waals surface area contributed by atoms with Gasteiger partial charge in [-0.3, -0.25) is 0 Å². The van der Waals surface area contributed by atoms with Crippen LogP contribution < -0.4 is 5.32 Å². The summed E-state index contributed by atoms with van der Waals surface area (Å²) in [6, 6.07) is 7.88. The van der Waals surface area contributed by atoms with E-state index in [0.29, 0.717) is 6.54 Å². The fourth-order valence-corrected chi connectivity index (χ4v) is 1.70. The molecule has 5 nitrogen and oxygen atoms in total. The van der Waals surface area contributed by atoms with Crippen LogP contribution in [-0.2, 0) is 6.54 Å². The molecule has 1 unspecified atom stereocenters. The Bertz CT molecular complexity index is 471. The van der Waals surface area contributed by atoms with Crippen molar-refractivity contribution in [3.05, 3.63) is 48.5 Å². The standard InChI is InChI=1S/C13H17N3O2/c17-9-12(18)7-15-13-4-2-1-3-11(13)8-16-6-5-14-10-16/h1-6,10,12,15,17-18H,7-9H2. The van der Waals surface area contributed by atoms with Gasteiger partial charge < -0.3 is 20.1 Å². The second-order valence-corrected chi connectivity index (χ2v) is 4.11. The fourth-order valence-electron chi connectivity index (χ4n) is 1.70. The van der Waals surface area contributed by atoms with Crippen molar-refractivity contribution >= 4 is 5.69 Å². The van der Waals surface area contributed by atoms with Gasteiger partial charge in [0.25, 0.3) is 0 Å². The highest BCUT2D eigenvalue weighted by molar-refractivity contribution is 5.51. The lowest BCUT2D eigenvalue weighted by molar-refractivity contribution is 0.105. The number of aliphatic hydroxyl groups is 2. The van der Waals surface area contributed by atoms with Crippen molar-refractivity contribution < 1.29 is 10.2 Å². The number of imidazole rings is 1. The van der Waals surface area contributed by atoms with Gasteiger partial charge in [0.05, 0.1) is 25.6 Å². The van der Waals surface area contributed by atoms with E-state index in [1.165, 1.54) is 0 Å². The second-order valence-electron chi connectivity index (χ2n) is 4.11. The third kappa shape index (κ3) is 3.32. The van der Waals surface area contributed by atoms with Crippen molar-refractivity contribution in [2.45, 2.75) is 12.6 Å². The van der Waals surface area contributed by atoms with Crippen LogP contribution in [0.4, 0.5) is 5.69 Å². The van der Waals surface area contributed by atoms with Gasteiger partial charge >= 0.3 is 0 Å². The van der Waals surface area contributed by atoms with Gasteiger partial charge in [0.15, 0.2) is 0 Å². The summed E-state index contributed by atoms with van der Waals surface area (Å²) in [6.07, 6.45) is 4.66. The first-order valence-corrected chi connectivity index (χ1v) is 5.86. The highest BCUT2D eigenvalue weighted by Crippen LogP contribution is 2.16. The zero-order chi connectivity index (χ0) is 12.8. The SMILES string of the molecule is OCC(O)CNc1ccccc1Cn1ccnc1. The molecular weight excluding hydrogens is 230 g/mol. The Kier molecular flexibility index (Phi) is 4.33. The monoisotopic (exact) mass is 247 g/mol. The lowest BCUT2D eigenvalue weighted by atomic mass is 10.1. The summed E-state index contributed by atoms with van der Waals surface area (Å²) in [6.45, 7) is 0.812. The minimum absolute atomic E-state index is 0.239. The number of anilines is 1. The van der Waals surface area contributed by atoms with Crippen LogP contribution in [0.1, 0.15) is 5.56 Å². The molecule has 0 saturated heterocycles. The molecule has 0 amide bonds. The summed E-state index contributed by atoms with van der Waals surface area (Å²) in [5, 5.41) is 21.3. The molecule has 0 bridgehead atoms. The molecule has 1 heterocycles. The highest BCUT2D eigenvalue weighted by Gasteiger charge is 2.05. The van der Waals surface area contributed by atoms with Gasteiger partial charge in [0.2, 0.25) is 0 Å². The Morgan fingerprint density at radius 3 is 2.89 bits per heavy atom. The molecule has 0 aliphatic carbocycles. The van der Waals surface area contributed by atoms with E-state index in [9.17, 15) is 5.11 Å². The number of nitrogens with zero attached hydrogens (tertiary/aromatic N) is 2. The van der Waals surface area contributed by atoms with Crippen molar-refractivity contribution in [3.8, 4) is 0 Å². The van der Waals surface area contributed by atoms with E-state index in [-0.39, 0.29) is 6.61 Å². The van der Waals surface area contributed by atoms with Gasteiger partial charge in [-0.05, 0) is 11.6 Å². The number of nitrogens with one attached hydrogen (secondary N) is 1. The fraction of sp³-hybridized carbons (Fsp3) is 0.308. The van der Waals surface area contributed by atoms with Gasteiger partial charge in [-0.15, -0.1) is 0 Å². The van der Waals surface area contributed by atoms with Gasteiger partial charge in [0, 0.05) is 24.6 Å². The summed E-state index contributed by atoms with van der Waals surface area (Å²) in [4.78, 5) is 4.00. The maximum Gasteiger partial charge on any atom is 0.0949 e. The molecule has 0 aliphatic rings. The molecule has 2 aromatic rings. The minimum atomic E-state index is -0.744. The third-order valence-electron chi connectivity index (χ3n) is 2.67. The molecule has 3 N–H and O–H groups in total. The van der Waals surface area contributed by atoms with Crippen LogP contribution in [0, 0.1) is 0 Å². The van der Waals surface area contributed by atoms with Gasteiger partial charge in [-0.25, -0.2) is 4.98 Å². The van der Waals surface area contributed by atoms with Crippen molar-refractivity contribution in [3.63, 3.8) is 0 Å². The van der Waals surface area contributed by atoms with E-state index >= 15 is 0 Å². The van der Waals surface area contributed by atoms with Crippen molar-refractivity contribution in [1.82, 2.24) is 9.55 Å². The number of hydrogen-bond acceptors (Lipinski definition) is 4. The molecule has 5 heteroatoms. The van der Waals surface area contributed by atoms with Gasteiger partial charge in [-0.1, -0.05) is 18.2 Å².